The van der Waals surface area contributed by atoms with Crippen LogP contribution >= 0.6 is 7.37 Å². The van der Waals surface area contributed by atoms with E-state index in [2.05, 4.69) is 9.47 Å². The topological polar surface area (TPSA) is 78.9 Å². The van der Waals surface area contributed by atoms with E-state index < -0.39 is 25.0 Å². The lowest BCUT2D eigenvalue weighted by Gasteiger charge is -2.25. The fourth-order valence-electron chi connectivity index (χ4n) is 2.06. The van der Waals surface area contributed by atoms with E-state index in [1.165, 1.54) is 14.2 Å². The largest absolute Gasteiger partial charge is 0.469 e. The molecular formula is C15H21O6P. The van der Waals surface area contributed by atoms with Gasteiger partial charge >= 0.3 is 11.9 Å². The number of rotatable bonds is 8. The SMILES string of the molecule is CCOP(=O)(Cc1ccccc1)C(CC(=O)OC)C(=O)OC. The zero-order chi connectivity index (χ0) is 16.6. The van der Waals surface area contributed by atoms with Gasteiger partial charge in [0.2, 0.25) is 7.37 Å². The molecule has 0 saturated carbocycles. The summed E-state index contributed by atoms with van der Waals surface area (Å²) in [6.45, 7) is 1.85. The van der Waals surface area contributed by atoms with Crippen LogP contribution in [0.3, 0.4) is 0 Å². The van der Waals surface area contributed by atoms with Gasteiger partial charge in [0.1, 0.15) is 5.66 Å². The van der Waals surface area contributed by atoms with Crippen molar-refractivity contribution < 1.29 is 28.2 Å². The summed E-state index contributed by atoms with van der Waals surface area (Å²) in [5, 5.41) is 0. The smallest absolute Gasteiger partial charge is 0.319 e. The third kappa shape index (κ3) is 4.97. The molecule has 0 aromatic heterocycles. The highest BCUT2D eigenvalue weighted by atomic mass is 31.2. The zero-order valence-corrected chi connectivity index (χ0v) is 13.9. The fourth-order valence-corrected chi connectivity index (χ4v) is 4.56. The zero-order valence-electron chi connectivity index (χ0n) is 13.0. The number of benzene rings is 1. The van der Waals surface area contributed by atoms with E-state index in [0.717, 1.165) is 5.56 Å². The summed E-state index contributed by atoms with van der Waals surface area (Å²) in [6.07, 6.45) is -0.286. The quantitative estimate of drug-likeness (QED) is 0.539. The Bertz CT molecular complexity index is 542. The minimum atomic E-state index is -3.47. The van der Waals surface area contributed by atoms with Crippen LogP contribution in [0.2, 0.25) is 0 Å². The van der Waals surface area contributed by atoms with E-state index in [4.69, 9.17) is 4.52 Å². The molecule has 122 valence electrons. The summed E-state index contributed by atoms with van der Waals surface area (Å²) >= 11 is 0. The first-order chi connectivity index (χ1) is 10.5. The summed E-state index contributed by atoms with van der Waals surface area (Å²) in [5.41, 5.74) is -0.414. The average molecular weight is 328 g/mol. The van der Waals surface area contributed by atoms with Gasteiger partial charge in [0, 0.05) is 0 Å². The van der Waals surface area contributed by atoms with Crippen molar-refractivity contribution in [2.45, 2.75) is 25.2 Å². The molecule has 0 aliphatic rings. The number of hydrogen-bond acceptors (Lipinski definition) is 6. The standard InChI is InChI=1S/C15H21O6P/c1-4-21-22(18,11-12-8-6-5-7-9-12)13(15(17)20-3)10-14(16)19-2/h5-9,13H,4,10-11H2,1-3H3. The molecule has 0 aliphatic heterocycles. The molecule has 1 aromatic rings. The fraction of sp³-hybridized carbons (Fsp3) is 0.467. The third-order valence-electron chi connectivity index (χ3n) is 3.13. The molecule has 0 spiro atoms. The van der Waals surface area contributed by atoms with Gasteiger partial charge in [-0.25, -0.2) is 0 Å². The molecule has 0 radical (unpaired) electrons. The molecule has 0 N–H and O–H groups in total. The van der Waals surface area contributed by atoms with Crippen LogP contribution in [-0.4, -0.2) is 38.4 Å². The highest BCUT2D eigenvalue weighted by Gasteiger charge is 2.42. The van der Waals surface area contributed by atoms with Crippen LogP contribution in [0, 0.1) is 0 Å². The molecule has 22 heavy (non-hydrogen) atoms. The molecule has 0 bridgehead atoms. The molecule has 2 atom stereocenters. The Morgan fingerprint density at radius 1 is 1.14 bits per heavy atom. The number of ether oxygens (including phenoxy) is 2. The molecule has 0 fully saturated rings. The molecule has 1 rings (SSSR count). The monoisotopic (exact) mass is 328 g/mol. The van der Waals surface area contributed by atoms with E-state index in [1.54, 1.807) is 31.2 Å². The van der Waals surface area contributed by atoms with Gasteiger partial charge in [-0.2, -0.15) is 0 Å². The summed E-state index contributed by atoms with van der Waals surface area (Å²) in [4.78, 5) is 23.5. The Hall–Kier alpha value is -1.65. The van der Waals surface area contributed by atoms with Gasteiger partial charge in [0.25, 0.3) is 0 Å². The second-order valence-corrected chi connectivity index (χ2v) is 7.26. The summed E-state index contributed by atoms with van der Waals surface area (Å²) < 4.78 is 27.9. The highest BCUT2D eigenvalue weighted by Crippen LogP contribution is 2.56. The van der Waals surface area contributed by atoms with Crippen molar-refractivity contribution in [2.24, 2.45) is 0 Å². The Labute approximate surface area is 130 Å². The van der Waals surface area contributed by atoms with Gasteiger partial charge in [0.15, 0.2) is 0 Å². The Morgan fingerprint density at radius 2 is 1.77 bits per heavy atom. The van der Waals surface area contributed by atoms with Gasteiger partial charge in [-0.05, 0) is 12.5 Å². The summed E-state index contributed by atoms with van der Waals surface area (Å²) in [5.74, 6) is -1.37. The number of carbonyl (C=O) groups is 2. The van der Waals surface area contributed by atoms with Crippen LogP contribution in [0.1, 0.15) is 18.9 Å². The van der Waals surface area contributed by atoms with Gasteiger partial charge in [-0.15, -0.1) is 0 Å². The predicted octanol–water partition coefficient (Wildman–Crippen LogP) is 2.61. The highest BCUT2D eigenvalue weighted by molar-refractivity contribution is 7.60. The normalized spacial score (nSPS) is 14.7. The van der Waals surface area contributed by atoms with Gasteiger partial charge in [-0.3, -0.25) is 14.2 Å². The molecule has 0 heterocycles. The maximum absolute atomic E-state index is 13.2. The first-order valence-corrected chi connectivity index (χ1v) is 8.76. The molecule has 6 nitrogen and oxygen atoms in total. The Kier molecular flexibility index (Phi) is 7.28. The van der Waals surface area contributed by atoms with E-state index in [-0.39, 0.29) is 19.2 Å². The van der Waals surface area contributed by atoms with Crippen molar-refractivity contribution in [1.29, 1.82) is 0 Å². The molecule has 0 saturated heterocycles. The molecular weight excluding hydrogens is 307 g/mol. The summed E-state index contributed by atoms with van der Waals surface area (Å²) in [6, 6.07) is 9.02. The lowest BCUT2D eigenvalue weighted by Crippen LogP contribution is -2.28. The van der Waals surface area contributed by atoms with Gasteiger partial charge in [-0.1, -0.05) is 30.3 Å². The summed E-state index contributed by atoms with van der Waals surface area (Å²) in [7, 11) is -1.07. The maximum atomic E-state index is 13.2. The van der Waals surface area contributed by atoms with Crippen molar-refractivity contribution >= 4 is 19.3 Å². The van der Waals surface area contributed by atoms with Crippen molar-refractivity contribution in [3.05, 3.63) is 35.9 Å². The molecule has 1 aromatic carbocycles. The second-order valence-electron chi connectivity index (χ2n) is 4.61. The Morgan fingerprint density at radius 3 is 2.27 bits per heavy atom. The average Bonchev–Trinajstić information content (AvgIpc) is 2.52. The second kappa shape index (κ2) is 8.71. The van der Waals surface area contributed by atoms with Crippen LogP contribution in [0.5, 0.6) is 0 Å². The third-order valence-corrected chi connectivity index (χ3v) is 5.97. The maximum Gasteiger partial charge on any atom is 0.319 e. The van der Waals surface area contributed by atoms with Crippen LogP contribution < -0.4 is 0 Å². The molecule has 0 amide bonds. The van der Waals surface area contributed by atoms with Crippen LogP contribution in [0.25, 0.3) is 0 Å². The van der Waals surface area contributed by atoms with E-state index in [1.807, 2.05) is 6.07 Å². The van der Waals surface area contributed by atoms with Crippen molar-refractivity contribution in [2.75, 3.05) is 20.8 Å². The van der Waals surface area contributed by atoms with E-state index in [0.29, 0.717) is 0 Å². The molecule has 2 unspecified atom stereocenters. The van der Waals surface area contributed by atoms with E-state index in [9.17, 15) is 14.2 Å². The number of esters is 2. The van der Waals surface area contributed by atoms with Gasteiger partial charge < -0.3 is 14.0 Å². The first kappa shape index (κ1) is 18.4. The van der Waals surface area contributed by atoms with Crippen LogP contribution in [0.4, 0.5) is 0 Å². The Balaban J connectivity index is 3.12. The predicted molar refractivity (Wildman–Crippen MR) is 81.8 cm³/mol. The number of carbonyl (C=O) groups excluding carboxylic acids is 2. The van der Waals surface area contributed by atoms with Crippen molar-refractivity contribution in [1.82, 2.24) is 0 Å². The molecule has 7 heteroatoms. The van der Waals surface area contributed by atoms with Crippen LogP contribution in [0.15, 0.2) is 30.3 Å². The van der Waals surface area contributed by atoms with Crippen molar-refractivity contribution in [3.8, 4) is 0 Å². The number of methoxy groups -OCH3 is 2. The lowest BCUT2D eigenvalue weighted by molar-refractivity contribution is -0.147. The lowest BCUT2D eigenvalue weighted by atomic mass is 10.2. The first-order valence-electron chi connectivity index (χ1n) is 6.88. The van der Waals surface area contributed by atoms with E-state index >= 15 is 0 Å². The van der Waals surface area contributed by atoms with Crippen LogP contribution in [-0.2, 0) is 34.3 Å². The van der Waals surface area contributed by atoms with Crippen molar-refractivity contribution in [3.63, 3.8) is 0 Å². The minimum absolute atomic E-state index is 0.0540. The number of hydrogen-bond donors (Lipinski definition) is 0. The molecule has 0 aliphatic carbocycles. The van der Waals surface area contributed by atoms with Gasteiger partial charge in [0.05, 0.1) is 33.4 Å². The minimum Gasteiger partial charge on any atom is -0.469 e.